The Bertz CT molecular complexity index is 614. The Morgan fingerprint density at radius 1 is 1.29 bits per heavy atom. The van der Waals surface area contributed by atoms with Crippen molar-refractivity contribution in [3.8, 4) is 0 Å². The maximum Gasteiger partial charge on any atom is 0.339 e. The molecular weight excluding hydrogens is 332 g/mol. The Balaban J connectivity index is 1.96. The van der Waals surface area contributed by atoms with Gasteiger partial charge in [0.2, 0.25) is 0 Å². The Labute approximate surface area is 132 Å². The summed E-state index contributed by atoms with van der Waals surface area (Å²) in [6.07, 6.45) is 1.55. The smallest absolute Gasteiger partial charge is 0.339 e. The molecule has 0 saturated carbocycles. The van der Waals surface area contributed by atoms with E-state index in [1.165, 1.54) is 12.7 Å². The highest BCUT2D eigenvalue weighted by Crippen LogP contribution is 2.14. The van der Waals surface area contributed by atoms with Crippen molar-refractivity contribution in [1.29, 1.82) is 0 Å². The number of methoxy groups -OCH3 is 1. The normalized spacial score (nSPS) is 10.7. The zero-order chi connectivity index (χ0) is 15.2. The summed E-state index contributed by atoms with van der Waals surface area (Å²) in [5, 5.41) is 0. The topological polar surface area (TPSA) is 42.4 Å². The first-order valence-corrected chi connectivity index (χ1v) is 7.34. The van der Waals surface area contributed by atoms with Crippen molar-refractivity contribution in [3.63, 3.8) is 0 Å². The second-order valence-electron chi connectivity index (χ2n) is 4.83. The lowest BCUT2D eigenvalue weighted by molar-refractivity contribution is 0.0600. The number of rotatable bonds is 5. The fourth-order valence-corrected chi connectivity index (χ4v) is 2.48. The molecular formula is C16H17BrN2O2. The van der Waals surface area contributed by atoms with Gasteiger partial charge in [0, 0.05) is 23.8 Å². The molecule has 0 atom stereocenters. The average Bonchev–Trinajstić information content (AvgIpc) is 2.47. The standard InChI is InChI=1S/C16H17BrN2O2/c1-19(10-12-4-3-5-14(17)8-12)11-15-7-6-13(9-18-15)16(20)21-2/h3-9H,10-11H2,1-2H3. The molecule has 0 N–H and O–H groups in total. The maximum absolute atomic E-state index is 11.3. The number of benzene rings is 1. The Kier molecular flexibility index (Phi) is 5.47. The number of esters is 1. The van der Waals surface area contributed by atoms with E-state index in [2.05, 4.69) is 42.7 Å². The van der Waals surface area contributed by atoms with Crippen molar-refractivity contribution in [2.24, 2.45) is 0 Å². The van der Waals surface area contributed by atoms with Crippen LogP contribution in [0.1, 0.15) is 21.6 Å². The third kappa shape index (κ3) is 4.65. The van der Waals surface area contributed by atoms with E-state index in [1.54, 1.807) is 12.3 Å². The molecule has 4 nitrogen and oxygen atoms in total. The summed E-state index contributed by atoms with van der Waals surface area (Å²) in [5.41, 5.74) is 2.62. The van der Waals surface area contributed by atoms with Gasteiger partial charge in [-0.2, -0.15) is 0 Å². The van der Waals surface area contributed by atoms with Crippen LogP contribution >= 0.6 is 15.9 Å². The van der Waals surface area contributed by atoms with E-state index >= 15 is 0 Å². The average molecular weight is 349 g/mol. The van der Waals surface area contributed by atoms with Crippen molar-refractivity contribution < 1.29 is 9.53 Å². The summed E-state index contributed by atoms with van der Waals surface area (Å²) >= 11 is 3.47. The van der Waals surface area contributed by atoms with Crippen molar-refractivity contribution in [1.82, 2.24) is 9.88 Å². The third-order valence-corrected chi connectivity index (χ3v) is 3.51. The highest BCUT2D eigenvalue weighted by Gasteiger charge is 2.07. The van der Waals surface area contributed by atoms with E-state index in [0.29, 0.717) is 12.1 Å². The van der Waals surface area contributed by atoms with E-state index in [9.17, 15) is 4.79 Å². The first-order chi connectivity index (χ1) is 10.1. The van der Waals surface area contributed by atoms with Gasteiger partial charge in [0.15, 0.2) is 0 Å². The largest absolute Gasteiger partial charge is 0.465 e. The summed E-state index contributed by atoms with van der Waals surface area (Å²) in [4.78, 5) is 17.8. The zero-order valence-corrected chi connectivity index (χ0v) is 13.6. The van der Waals surface area contributed by atoms with Crippen LogP contribution in [0.15, 0.2) is 47.1 Å². The van der Waals surface area contributed by atoms with Gasteiger partial charge in [-0.3, -0.25) is 9.88 Å². The van der Waals surface area contributed by atoms with Crippen LogP contribution in [0.5, 0.6) is 0 Å². The van der Waals surface area contributed by atoms with Crippen LogP contribution in [0.2, 0.25) is 0 Å². The molecule has 0 aliphatic heterocycles. The number of hydrogen-bond acceptors (Lipinski definition) is 4. The highest BCUT2D eigenvalue weighted by molar-refractivity contribution is 9.10. The lowest BCUT2D eigenvalue weighted by atomic mass is 10.2. The summed E-state index contributed by atoms with van der Waals surface area (Å²) in [6.45, 7) is 1.55. The monoisotopic (exact) mass is 348 g/mol. The number of hydrogen-bond donors (Lipinski definition) is 0. The molecule has 0 spiro atoms. The van der Waals surface area contributed by atoms with E-state index in [1.807, 2.05) is 25.2 Å². The van der Waals surface area contributed by atoms with Gasteiger partial charge in [-0.05, 0) is 36.9 Å². The number of aromatic nitrogens is 1. The number of ether oxygens (including phenoxy) is 1. The minimum Gasteiger partial charge on any atom is -0.465 e. The lowest BCUT2D eigenvalue weighted by Crippen LogP contribution is -2.18. The SMILES string of the molecule is COC(=O)c1ccc(CN(C)Cc2cccc(Br)c2)nc1. The molecule has 0 aliphatic rings. The maximum atomic E-state index is 11.3. The van der Waals surface area contributed by atoms with E-state index in [4.69, 9.17) is 0 Å². The molecule has 21 heavy (non-hydrogen) atoms. The molecule has 1 aromatic carbocycles. The number of halogens is 1. The predicted molar refractivity (Wildman–Crippen MR) is 84.9 cm³/mol. The van der Waals surface area contributed by atoms with Crippen molar-refractivity contribution in [3.05, 3.63) is 63.9 Å². The number of nitrogens with zero attached hydrogens (tertiary/aromatic N) is 2. The molecule has 110 valence electrons. The van der Waals surface area contributed by atoms with Gasteiger partial charge in [-0.1, -0.05) is 28.1 Å². The molecule has 0 bridgehead atoms. The number of pyridine rings is 1. The number of carbonyl (C=O) groups excluding carboxylic acids is 1. The van der Waals surface area contributed by atoms with Crippen molar-refractivity contribution >= 4 is 21.9 Å². The van der Waals surface area contributed by atoms with Gasteiger partial charge in [-0.15, -0.1) is 0 Å². The molecule has 1 heterocycles. The summed E-state index contributed by atoms with van der Waals surface area (Å²) < 4.78 is 5.73. The molecule has 1 aromatic heterocycles. The molecule has 0 fully saturated rings. The van der Waals surface area contributed by atoms with Crippen LogP contribution in [0.25, 0.3) is 0 Å². The highest BCUT2D eigenvalue weighted by atomic mass is 79.9. The first kappa shape index (κ1) is 15.7. The predicted octanol–water partition coefficient (Wildman–Crippen LogP) is 3.26. The van der Waals surface area contributed by atoms with Crippen LogP contribution in [-0.4, -0.2) is 30.0 Å². The van der Waals surface area contributed by atoms with Gasteiger partial charge in [-0.25, -0.2) is 4.79 Å². The quantitative estimate of drug-likeness (QED) is 0.777. The molecule has 5 heteroatoms. The zero-order valence-electron chi connectivity index (χ0n) is 12.0. The lowest BCUT2D eigenvalue weighted by Gasteiger charge is -2.16. The molecule has 2 rings (SSSR count). The van der Waals surface area contributed by atoms with Crippen LogP contribution in [0, 0.1) is 0 Å². The minimum absolute atomic E-state index is 0.364. The second-order valence-corrected chi connectivity index (χ2v) is 5.75. The summed E-state index contributed by atoms with van der Waals surface area (Å²) in [7, 11) is 3.40. The minimum atomic E-state index is -0.364. The number of carbonyl (C=O) groups is 1. The van der Waals surface area contributed by atoms with Gasteiger partial charge in [0.1, 0.15) is 0 Å². The van der Waals surface area contributed by atoms with Crippen LogP contribution in [0.4, 0.5) is 0 Å². The molecule has 0 radical (unpaired) electrons. The fourth-order valence-electron chi connectivity index (χ4n) is 2.04. The van der Waals surface area contributed by atoms with E-state index in [-0.39, 0.29) is 5.97 Å². The van der Waals surface area contributed by atoms with Crippen LogP contribution in [0.3, 0.4) is 0 Å². The Hall–Kier alpha value is -1.72. The first-order valence-electron chi connectivity index (χ1n) is 6.54. The van der Waals surface area contributed by atoms with Gasteiger partial charge >= 0.3 is 5.97 Å². The van der Waals surface area contributed by atoms with Crippen LogP contribution < -0.4 is 0 Å². The van der Waals surface area contributed by atoms with E-state index in [0.717, 1.165) is 16.7 Å². The molecule has 0 saturated heterocycles. The summed E-state index contributed by atoms with van der Waals surface area (Å²) in [5.74, 6) is -0.364. The molecule has 2 aromatic rings. The van der Waals surface area contributed by atoms with Gasteiger partial charge < -0.3 is 4.74 Å². The third-order valence-electron chi connectivity index (χ3n) is 3.02. The molecule has 0 aliphatic carbocycles. The van der Waals surface area contributed by atoms with Gasteiger partial charge in [0.25, 0.3) is 0 Å². The van der Waals surface area contributed by atoms with E-state index < -0.39 is 0 Å². The Morgan fingerprint density at radius 3 is 2.71 bits per heavy atom. The fraction of sp³-hybridized carbons (Fsp3) is 0.250. The second kappa shape index (κ2) is 7.33. The summed E-state index contributed by atoms with van der Waals surface area (Å²) in [6, 6.07) is 11.8. The van der Waals surface area contributed by atoms with Crippen molar-refractivity contribution in [2.45, 2.75) is 13.1 Å². The molecule has 0 amide bonds. The van der Waals surface area contributed by atoms with Gasteiger partial charge in [0.05, 0.1) is 18.4 Å². The van der Waals surface area contributed by atoms with Crippen molar-refractivity contribution in [2.75, 3.05) is 14.2 Å². The van der Waals surface area contributed by atoms with Crippen LogP contribution in [-0.2, 0) is 17.8 Å². The molecule has 0 unspecified atom stereocenters. The Morgan fingerprint density at radius 2 is 2.10 bits per heavy atom.